The van der Waals surface area contributed by atoms with Crippen molar-refractivity contribution in [3.8, 4) is 0 Å². The van der Waals surface area contributed by atoms with E-state index in [-0.39, 0.29) is 21.3 Å². The molecule has 0 bridgehead atoms. The van der Waals surface area contributed by atoms with Crippen LogP contribution in [0.15, 0.2) is 41.3 Å². The molecule has 1 N–H and O–H groups in total. The Bertz CT molecular complexity index is 1280. The summed E-state index contributed by atoms with van der Waals surface area (Å²) in [6, 6.07) is 8.97. The van der Waals surface area contributed by atoms with Crippen LogP contribution in [0.4, 0.5) is 10.8 Å². The quantitative estimate of drug-likeness (QED) is 0.454. The van der Waals surface area contributed by atoms with Crippen molar-refractivity contribution in [1.82, 2.24) is 9.29 Å². The molecule has 0 unspecified atom stereocenters. The van der Waals surface area contributed by atoms with Crippen LogP contribution in [0, 0.1) is 17.0 Å². The lowest BCUT2D eigenvalue weighted by Crippen LogP contribution is -2.35. The van der Waals surface area contributed by atoms with Crippen molar-refractivity contribution in [1.29, 1.82) is 0 Å². The maximum absolute atomic E-state index is 12.9. The molecule has 0 atom stereocenters. The number of benzene rings is 2. The number of nitro benzene ring substituents is 1. The van der Waals surface area contributed by atoms with Crippen molar-refractivity contribution in [2.75, 3.05) is 18.4 Å². The van der Waals surface area contributed by atoms with E-state index in [4.69, 9.17) is 0 Å². The average Bonchev–Trinajstić information content (AvgIpc) is 3.15. The number of hydrogen-bond acceptors (Lipinski definition) is 7. The highest BCUT2D eigenvalue weighted by atomic mass is 32.2. The fourth-order valence-corrected chi connectivity index (χ4v) is 6.01. The van der Waals surface area contributed by atoms with Crippen molar-refractivity contribution in [3.05, 3.63) is 57.6 Å². The van der Waals surface area contributed by atoms with Crippen LogP contribution < -0.4 is 5.32 Å². The molecule has 31 heavy (non-hydrogen) atoms. The summed E-state index contributed by atoms with van der Waals surface area (Å²) in [6.45, 7) is 2.64. The van der Waals surface area contributed by atoms with Crippen molar-refractivity contribution in [3.63, 3.8) is 0 Å². The topological polar surface area (TPSA) is 123 Å². The number of amides is 1. The number of rotatable bonds is 5. The normalized spacial score (nSPS) is 15.1. The minimum Gasteiger partial charge on any atom is -0.298 e. The van der Waals surface area contributed by atoms with Crippen molar-refractivity contribution < 1.29 is 18.1 Å². The van der Waals surface area contributed by atoms with E-state index < -0.39 is 20.9 Å². The summed E-state index contributed by atoms with van der Waals surface area (Å²) in [5, 5.41) is 14.0. The second-order valence-electron chi connectivity index (χ2n) is 7.33. The Morgan fingerprint density at radius 2 is 1.90 bits per heavy atom. The zero-order valence-electron chi connectivity index (χ0n) is 16.7. The SMILES string of the molecule is Cc1ccc(C(=O)Nc2nc3ccc(S(=O)(=O)N4CCCCC4)cc3s2)cc1[N+](=O)[O-]. The van der Waals surface area contributed by atoms with E-state index in [2.05, 4.69) is 10.3 Å². The summed E-state index contributed by atoms with van der Waals surface area (Å²) >= 11 is 1.15. The first-order chi connectivity index (χ1) is 14.8. The summed E-state index contributed by atoms with van der Waals surface area (Å²) < 4.78 is 27.9. The van der Waals surface area contributed by atoms with Gasteiger partial charge in [-0.3, -0.25) is 20.2 Å². The fourth-order valence-electron chi connectivity index (χ4n) is 3.49. The van der Waals surface area contributed by atoms with Gasteiger partial charge in [0.2, 0.25) is 10.0 Å². The monoisotopic (exact) mass is 460 g/mol. The molecule has 1 amide bonds. The second kappa shape index (κ2) is 8.33. The van der Waals surface area contributed by atoms with E-state index in [1.54, 1.807) is 19.1 Å². The number of aryl methyl sites for hydroxylation is 1. The first kappa shape index (κ1) is 21.3. The molecule has 3 aromatic rings. The Balaban J connectivity index is 1.58. The lowest BCUT2D eigenvalue weighted by molar-refractivity contribution is -0.385. The first-order valence-electron chi connectivity index (χ1n) is 9.73. The molecule has 1 fully saturated rings. The minimum absolute atomic E-state index is 0.135. The van der Waals surface area contributed by atoms with Gasteiger partial charge >= 0.3 is 0 Å². The molecule has 9 nitrogen and oxygen atoms in total. The highest BCUT2D eigenvalue weighted by molar-refractivity contribution is 7.89. The number of thiazole rings is 1. The van der Waals surface area contributed by atoms with Gasteiger partial charge in [-0.05, 0) is 44.0 Å². The number of piperidine rings is 1. The third kappa shape index (κ3) is 4.29. The fraction of sp³-hybridized carbons (Fsp3) is 0.300. The molecular weight excluding hydrogens is 440 g/mol. The van der Waals surface area contributed by atoms with Gasteiger partial charge in [0.15, 0.2) is 5.13 Å². The predicted octanol–water partition coefficient (Wildman–Crippen LogP) is 3.94. The average molecular weight is 461 g/mol. The predicted molar refractivity (Wildman–Crippen MR) is 118 cm³/mol. The van der Waals surface area contributed by atoms with Gasteiger partial charge in [-0.2, -0.15) is 4.31 Å². The lowest BCUT2D eigenvalue weighted by Gasteiger charge is -2.25. The molecule has 1 aliphatic heterocycles. The molecule has 1 saturated heterocycles. The second-order valence-corrected chi connectivity index (χ2v) is 10.3. The number of hydrogen-bond donors (Lipinski definition) is 1. The van der Waals surface area contributed by atoms with E-state index >= 15 is 0 Å². The molecule has 162 valence electrons. The van der Waals surface area contributed by atoms with E-state index in [1.807, 2.05) is 0 Å². The minimum atomic E-state index is -3.57. The summed E-state index contributed by atoms with van der Waals surface area (Å²) in [7, 11) is -3.57. The van der Waals surface area contributed by atoms with Gasteiger partial charge in [-0.15, -0.1) is 0 Å². The highest BCUT2D eigenvalue weighted by Gasteiger charge is 2.26. The van der Waals surface area contributed by atoms with E-state index in [0.29, 0.717) is 28.9 Å². The van der Waals surface area contributed by atoms with Crippen LogP contribution in [0.3, 0.4) is 0 Å². The zero-order valence-corrected chi connectivity index (χ0v) is 18.3. The van der Waals surface area contributed by atoms with Crippen molar-refractivity contribution in [2.24, 2.45) is 0 Å². The molecule has 11 heteroatoms. The molecule has 1 aliphatic rings. The Hall–Kier alpha value is -2.89. The highest BCUT2D eigenvalue weighted by Crippen LogP contribution is 2.30. The molecule has 0 saturated carbocycles. The summed E-state index contributed by atoms with van der Waals surface area (Å²) in [5.74, 6) is -0.525. The third-order valence-electron chi connectivity index (χ3n) is 5.20. The molecule has 0 radical (unpaired) electrons. The molecule has 2 aromatic carbocycles. The maximum atomic E-state index is 12.9. The molecule has 0 spiro atoms. The number of carbonyl (C=O) groups is 1. The number of nitrogens with zero attached hydrogens (tertiary/aromatic N) is 3. The largest absolute Gasteiger partial charge is 0.298 e. The maximum Gasteiger partial charge on any atom is 0.273 e. The van der Waals surface area contributed by atoms with Gasteiger partial charge in [0.05, 0.1) is 20.0 Å². The van der Waals surface area contributed by atoms with Gasteiger partial charge in [0.1, 0.15) is 0 Å². The van der Waals surface area contributed by atoms with Crippen LogP contribution in [-0.4, -0.2) is 41.6 Å². The van der Waals surface area contributed by atoms with Crippen molar-refractivity contribution in [2.45, 2.75) is 31.1 Å². The van der Waals surface area contributed by atoms with Crippen LogP contribution >= 0.6 is 11.3 Å². The van der Waals surface area contributed by atoms with Gasteiger partial charge in [0.25, 0.3) is 11.6 Å². The molecule has 4 rings (SSSR count). The molecule has 0 aliphatic carbocycles. The number of fused-ring (bicyclic) bond motifs is 1. The summed E-state index contributed by atoms with van der Waals surface area (Å²) in [5.41, 5.74) is 1.03. The zero-order chi connectivity index (χ0) is 22.2. The number of nitrogens with one attached hydrogen (secondary N) is 1. The summed E-state index contributed by atoms with van der Waals surface area (Å²) in [6.07, 6.45) is 2.75. The van der Waals surface area contributed by atoms with Crippen LogP contribution in [0.1, 0.15) is 35.2 Å². The smallest absolute Gasteiger partial charge is 0.273 e. The van der Waals surface area contributed by atoms with Crippen LogP contribution in [0.5, 0.6) is 0 Å². The Morgan fingerprint density at radius 1 is 1.16 bits per heavy atom. The van der Waals surface area contributed by atoms with Gasteiger partial charge in [0, 0.05) is 30.3 Å². The summed E-state index contributed by atoms with van der Waals surface area (Å²) in [4.78, 5) is 27.7. The molecular formula is C20H20N4O5S2. The number of sulfonamides is 1. The third-order valence-corrected chi connectivity index (χ3v) is 8.03. The standard InChI is InChI=1S/C20H20N4O5S2/c1-13-5-6-14(11-17(13)24(26)27)19(25)22-20-21-16-8-7-15(12-18(16)30-20)31(28,29)23-9-3-2-4-10-23/h5-8,11-12H,2-4,9-10H2,1H3,(H,21,22,25). The Labute approximate surface area is 182 Å². The van der Waals surface area contributed by atoms with Crippen LogP contribution in [0.25, 0.3) is 10.2 Å². The van der Waals surface area contributed by atoms with Crippen LogP contribution in [0.2, 0.25) is 0 Å². The van der Waals surface area contributed by atoms with Crippen LogP contribution in [-0.2, 0) is 10.0 Å². The van der Waals surface area contributed by atoms with E-state index in [1.165, 1.54) is 28.6 Å². The number of anilines is 1. The van der Waals surface area contributed by atoms with Gasteiger partial charge < -0.3 is 0 Å². The first-order valence-corrected chi connectivity index (χ1v) is 12.0. The van der Waals surface area contributed by atoms with Gasteiger partial charge in [-0.1, -0.05) is 23.8 Å². The Kier molecular flexibility index (Phi) is 5.73. The number of carbonyl (C=O) groups excluding carboxylic acids is 1. The van der Waals surface area contributed by atoms with Crippen molar-refractivity contribution >= 4 is 48.3 Å². The van der Waals surface area contributed by atoms with E-state index in [9.17, 15) is 23.3 Å². The van der Waals surface area contributed by atoms with Gasteiger partial charge in [-0.25, -0.2) is 13.4 Å². The van der Waals surface area contributed by atoms with E-state index in [0.717, 1.165) is 30.6 Å². The lowest BCUT2D eigenvalue weighted by atomic mass is 10.1. The molecule has 2 heterocycles. The number of aromatic nitrogens is 1. The Morgan fingerprint density at radius 3 is 2.61 bits per heavy atom. The molecule has 1 aromatic heterocycles. The number of nitro groups is 1.